The summed E-state index contributed by atoms with van der Waals surface area (Å²) in [5.74, 6) is 0.895. The second-order valence-electron chi connectivity index (χ2n) is 4.53. The summed E-state index contributed by atoms with van der Waals surface area (Å²) in [7, 11) is 0. The van der Waals surface area contributed by atoms with E-state index in [4.69, 9.17) is 21.9 Å². The van der Waals surface area contributed by atoms with Crippen LogP contribution in [0.15, 0.2) is 9.90 Å². The molecule has 0 spiro atoms. The van der Waals surface area contributed by atoms with Crippen LogP contribution in [-0.4, -0.2) is 5.16 Å². The monoisotopic (exact) mass is 270 g/mol. The van der Waals surface area contributed by atoms with Crippen molar-refractivity contribution >= 4 is 28.8 Å². The summed E-state index contributed by atoms with van der Waals surface area (Å²) in [6, 6.07) is 0. The largest absolute Gasteiger partial charge is 0.367 e. The van der Waals surface area contributed by atoms with Crippen molar-refractivity contribution < 1.29 is 4.52 Å². The van der Waals surface area contributed by atoms with E-state index in [1.54, 1.807) is 11.3 Å². The first-order chi connectivity index (χ1) is 8.00. The van der Waals surface area contributed by atoms with Crippen LogP contribution in [-0.2, 0) is 6.42 Å². The Balaban J connectivity index is 2.49. The Hall–Kier alpha value is -1.00. The molecule has 17 heavy (non-hydrogen) atoms. The van der Waals surface area contributed by atoms with Crippen molar-refractivity contribution in [1.82, 2.24) is 5.16 Å². The van der Waals surface area contributed by atoms with E-state index in [2.05, 4.69) is 19.0 Å². The molecule has 2 aromatic rings. The van der Waals surface area contributed by atoms with Gasteiger partial charge in [0.05, 0.1) is 9.90 Å². The lowest BCUT2D eigenvalue weighted by atomic mass is 10.0. The summed E-state index contributed by atoms with van der Waals surface area (Å²) in [5.41, 5.74) is 8.63. The second-order valence-corrected chi connectivity index (χ2v) is 5.79. The summed E-state index contributed by atoms with van der Waals surface area (Å²) in [6.07, 6.45) is 0.845. The van der Waals surface area contributed by atoms with Crippen molar-refractivity contribution in [3.8, 4) is 10.6 Å². The number of halogens is 1. The number of nitrogen functional groups attached to an aromatic ring is 1. The molecule has 0 aliphatic rings. The smallest absolute Gasteiger partial charge is 0.225 e. The summed E-state index contributed by atoms with van der Waals surface area (Å²) >= 11 is 7.82. The van der Waals surface area contributed by atoms with Crippen molar-refractivity contribution in [3.63, 3.8) is 0 Å². The van der Waals surface area contributed by atoms with Gasteiger partial charge in [-0.15, -0.1) is 11.3 Å². The third kappa shape index (κ3) is 2.33. The van der Waals surface area contributed by atoms with Gasteiger partial charge in [-0.1, -0.05) is 30.6 Å². The third-order valence-corrected chi connectivity index (χ3v) is 4.25. The highest BCUT2D eigenvalue weighted by Gasteiger charge is 2.20. The minimum atomic E-state index is 0.399. The molecule has 2 rings (SSSR count). The standard InChI is InChI=1S/C12H15ClN2OS/c1-6(2)4-8-10(15-16-12(8)14)11-9(13)7(3)5-17-11/h5-6H,4,14H2,1-3H3. The molecule has 2 aromatic heterocycles. The number of aryl methyl sites for hydroxylation is 1. The Morgan fingerprint density at radius 3 is 2.76 bits per heavy atom. The average molecular weight is 271 g/mol. The zero-order valence-electron chi connectivity index (χ0n) is 10.1. The number of aromatic nitrogens is 1. The number of nitrogens with two attached hydrogens (primary N) is 1. The fourth-order valence-electron chi connectivity index (χ4n) is 1.70. The normalized spacial score (nSPS) is 11.4. The first-order valence-electron chi connectivity index (χ1n) is 5.48. The Labute approximate surface area is 110 Å². The Morgan fingerprint density at radius 1 is 1.53 bits per heavy atom. The molecule has 0 radical (unpaired) electrons. The Morgan fingerprint density at radius 2 is 2.24 bits per heavy atom. The van der Waals surface area contributed by atoms with Gasteiger partial charge in [-0.25, -0.2) is 0 Å². The third-order valence-electron chi connectivity index (χ3n) is 2.55. The SMILES string of the molecule is Cc1csc(-c2noc(N)c2CC(C)C)c1Cl. The van der Waals surface area contributed by atoms with Crippen molar-refractivity contribution in [2.45, 2.75) is 27.2 Å². The molecular formula is C12H15ClN2OS. The van der Waals surface area contributed by atoms with Crippen molar-refractivity contribution in [1.29, 1.82) is 0 Å². The van der Waals surface area contributed by atoms with Crippen molar-refractivity contribution in [3.05, 3.63) is 21.5 Å². The van der Waals surface area contributed by atoms with E-state index >= 15 is 0 Å². The van der Waals surface area contributed by atoms with Gasteiger partial charge in [0.1, 0.15) is 5.69 Å². The van der Waals surface area contributed by atoms with Gasteiger partial charge in [-0.2, -0.15) is 0 Å². The van der Waals surface area contributed by atoms with Crippen LogP contribution in [0.4, 0.5) is 5.88 Å². The van der Waals surface area contributed by atoms with Crippen molar-refractivity contribution in [2.75, 3.05) is 5.73 Å². The number of anilines is 1. The molecule has 92 valence electrons. The second kappa shape index (κ2) is 4.70. The molecule has 0 fully saturated rings. The van der Waals surface area contributed by atoms with Gasteiger partial charge >= 0.3 is 0 Å². The summed E-state index contributed by atoms with van der Waals surface area (Å²) in [5, 5.41) is 6.80. The molecule has 0 amide bonds. The van der Waals surface area contributed by atoms with E-state index in [0.717, 1.165) is 33.1 Å². The van der Waals surface area contributed by atoms with E-state index < -0.39 is 0 Å². The molecule has 3 nitrogen and oxygen atoms in total. The highest BCUT2D eigenvalue weighted by Crippen LogP contribution is 2.39. The molecule has 5 heteroatoms. The minimum Gasteiger partial charge on any atom is -0.367 e. The van der Waals surface area contributed by atoms with E-state index in [9.17, 15) is 0 Å². The minimum absolute atomic E-state index is 0.399. The van der Waals surface area contributed by atoms with E-state index in [0.29, 0.717) is 11.8 Å². The maximum Gasteiger partial charge on any atom is 0.225 e. The Kier molecular flexibility index (Phi) is 3.45. The average Bonchev–Trinajstić information content (AvgIpc) is 2.75. The van der Waals surface area contributed by atoms with Gasteiger partial charge in [0.2, 0.25) is 5.88 Å². The van der Waals surface area contributed by atoms with Crippen LogP contribution < -0.4 is 5.73 Å². The molecule has 2 heterocycles. The number of hydrogen-bond donors (Lipinski definition) is 1. The molecule has 0 aromatic carbocycles. The van der Waals surface area contributed by atoms with Crippen LogP contribution in [0.5, 0.6) is 0 Å². The maximum atomic E-state index is 6.25. The van der Waals surface area contributed by atoms with Crippen LogP contribution in [0.25, 0.3) is 10.6 Å². The number of hydrogen-bond acceptors (Lipinski definition) is 4. The van der Waals surface area contributed by atoms with Crippen LogP contribution in [0.2, 0.25) is 5.02 Å². The zero-order chi connectivity index (χ0) is 12.6. The first kappa shape index (κ1) is 12.5. The van der Waals surface area contributed by atoms with Gasteiger partial charge < -0.3 is 10.3 Å². The summed E-state index contributed by atoms with van der Waals surface area (Å²) in [4.78, 5) is 0.945. The molecule has 2 N–H and O–H groups in total. The predicted octanol–water partition coefficient (Wildman–Crippen LogP) is 4.15. The molecule has 0 unspecified atom stereocenters. The lowest BCUT2D eigenvalue weighted by molar-refractivity contribution is 0.438. The van der Waals surface area contributed by atoms with Crippen LogP contribution in [0.3, 0.4) is 0 Å². The van der Waals surface area contributed by atoms with E-state index in [1.807, 2.05) is 12.3 Å². The van der Waals surface area contributed by atoms with Gasteiger partial charge in [0.15, 0.2) is 0 Å². The maximum absolute atomic E-state index is 6.25. The van der Waals surface area contributed by atoms with E-state index in [-0.39, 0.29) is 0 Å². The van der Waals surface area contributed by atoms with Gasteiger partial charge in [-0.05, 0) is 30.2 Å². The lowest BCUT2D eigenvalue weighted by Crippen LogP contribution is -1.98. The predicted molar refractivity (Wildman–Crippen MR) is 72.5 cm³/mol. The zero-order valence-corrected chi connectivity index (χ0v) is 11.7. The fraction of sp³-hybridized carbons (Fsp3) is 0.417. The molecular weight excluding hydrogens is 256 g/mol. The van der Waals surface area contributed by atoms with E-state index in [1.165, 1.54) is 0 Å². The van der Waals surface area contributed by atoms with Crippen LogP contribution in [0, 0.1) is 12.8 Å². The fourth-order valence-corrected chi connectivity index (χ4v) is 2.99. The molecule has 0 atom stereocenters. The van der Waals surface area contributed by atoms with Gasteiger partial charge in [0.25, 0.3) is 0 Å². The number of thiophene rings is 1. The first-order valence-corrected chi connectivity index (χ1v) is 6.74. The number of rotatable bonds is 3. The molecule has 0 aliphatic heterocycles. The highest BCUT2D eigenvalue weighted by molar-refractivity contribution is 7.14. The van der Waals surface area contributed by atoms with Gasteiger partial charge in [-0.3, -0.25) is 0 Å². The number of nitrogens with zero attached hydrogens (tertiary/aromatic N) is 1. The highest BCUT2D eigenvalue weighted by atomic mass is 35.5. The Bertz CT molecular complexity index is 531. The molecule has 0 saturated heterocycles. The quantitative estimate of drug-likeness (QED) is 0.912. The molecule has 0 saturated carbocycles. The molecule has 0 bridgehead atoms. The summed E-state index contributed by atoms with van der Waals surface area (Å²) < 4.78 is 5.09. The van der Waals surface area contributed by atoms with Crippen LogP contribution in [0.1, 0.15) is 25.0 Å². The lowest BCUT2D eigenvalue weighted by Gasteiger charge is -2.04. The molecule has 0 aliphatic carbocycles. The van der Waals surface area contributed by atoms with Crippen LogP contribution >= 0.6 is 22.9 Å². The van der Waals surface area contributed by atoms with Crippen molar-refractivity contribution in [2.24, 2.45) is 5.92 Å². The van der Waals surface area contributed by atoms with Gasteiger partial charge in [0, 0.05) is 5.56 Å². The summed E-state index contributed by atoms with van der Waals surface area (Å²) in [6.45, 7) is 6.25. The topological polar surface area (TPSA) is 52.0 Å².